The monoisotopic (exact) mass is 147 g/mol. The van der Waals surface area contributed by atoms with E-state index in [0.717, 1.165) is 18.0 Å². The fourth-order valence-corrected chi connectivity index (χ4v) is 1.25. The van der Waals surface area contributed by atoms with Gasteiger partial charge in [-0.15, -0.1) is 0 Å². The van der Waals surface area contributed by atoms with Gasteiger partial charge in [-0.05, 0) is 12.8 Å². The maximum absolute atomic E-state index is 4.94. The molecule has 1 atom stereocenters. The van der Waals surface area contributed by atoms with Crippen LogP contribution in [0.3, 0.4) is 0 Å². The molecular formula is C5H9NS2. The van der Waals surface area contributed by atoms with Crippen LogP contribution >= 0.6 is 24.8 Å². The van der Waals surface area contributed by atoms with Crippen LogP contribution in [-0.4, -0.2) is 16.8 Å². The van der Waals surface area contributed by atoms with Crippen molar-refractivity contribution in [3.05, 3.63) is 0 Å². The minimum atomic E-state index is 0.318. The highest BCUT2D eigenvalue weighted by Gasteiger charge is 2.12. The van der Waals surface area contributed by atoms with Gasteiger partial charge in [0.25, 0.3) is 0 Å². The molecule has 1 nitrogen and oxygen atoms in total. The molecule has 1 unspecified atom stereocenters. The lowest BCUT2D eigenvalue weighted by atomic mass is 10.2. The van der Waals surface area contributed by atoms with Crippen molar-refractivity contribution in [1.29, 1.82) is 0 Å². The third-order valence-corrected chi connectivity index (χ3v) is 2.38. The number of piperidine rings is 1. The topological polar surface area (TPSA) is 12.0 Å². The van der Waals surface area contributed by atoms with Gasteiger partial charge in [-0.3, -0.25) is 0 Å². The largest absolute Gasteiger partial charge is 0.379 e. The molecule has 1 rings (SSSR count). The van der Waals surface area contributed by atoms with Crippen LogP contribution in [0.4, 0.5) is 0 Å². The lowest BCUT2D eigenvalue weighted by molar-refractivity contribution is 0.689. The van der Waals surface area contributed by atoms with Crippen molar-refractivity contribution in [3.8, 4) is 0 Å². The van der Waals surface area contributed by atoms with Crippen molar-refractivity contribution in [2.24, 2.45) is 0 Å². The van der Waals surface area contributed by atoms with Crippen molar-refractivity contribution in [1.82, 2.24) is 5.32 Å². The fourth-order valence-electron chi connectivity index (χ4n) is 0.756. The Morgan fingerprint density at radius 1 is 1.75 bits per heavy atom. The number of thiol groups is 1. The molecule has 0 spiro atoms. The average Bonchev–Trinajstić information content (AvgIpc) is 1.77. The molecule has 0 amide bonds. The van der Waals surface area contributed by atoms with E-state index >= 15 is 0 Å². The lowest BCUT2D eigenvalue weighted by Crippen LogP contribution is -2.35. The molecule has 8 heavy (non-hydrogen) atoms. The van der Waals surface area contributed by atoms with E-state index in [9.17, 15) is 0 Å². The van der Waals surface area contributed by atoms with Gasteiger partial charge in [-0.1, -0.05) is 12.2 Å². The Morgan fingerprint density at radius 3 is 2.88 bits per heavy atom. The fraction of sp³-hybridized carbons (Fsp3) is 0.800. The molecule has 0 aromatic heterocycles. The highest BCUT2D eigenvalue weighted by Crippen LogP contribution is 2.09. The van der Waals surface area contributed by atoms with Crippen molar-refractivity contribution in [2.45, 2.75) is 18.1 Å². The summed E-state index contributed by atoms with van der Waals surface area (Å²) in [6, 6.07) is 0. The van der Waals surface area contributed by atoms with E-state index in [-0.39, 0.29) is 0 Å². The molecule has 1 saturated heterocycles. The lowest BCUT2D eigenvalue weighted by Gasteiger charge is -2.19. The van der Waals surface area contributed by atoms with E-state index in [1.54, 1.807) is 0 Å². The second kappa shape index (κ2) is 2.69. The van der Waals surface area contributed by atoms with Gasteiger partial charge < -0.3 is 5.32 Å². The van der Waals surface area contributed by atoms with Crippen LogP contribution in [0.5, 0.6) is 0 Å². The predicted molar refractivity (Wildman–Crippen MR) is 42.6 cm³/mol. The molecule has 0 radical (unpaired) electrons. The maximum Gasteiger partial charge on any atom is 0.0882 e. The van der Waals surface area contributed by atoms with Crippen LogP contribution in [0.15, 0.2) is 0 Å². The van der Waals surface area contributed by atoms with Crippen LogP contribution in [0.1, 0.15) is 12.8 Å². The summed E-state index contributed by atoms with van der Waals surface area (Å²) in [5, 5.41) is 3.41. The number of nitrogens with one attached hydrogen (secondary N) is 1. The Balaban J connectivity index is 2.39. The third-order valence-electron chi connectivity index (χ3n) is 1.26. The first-order valence-corrected chi connectivity index (χ1v) is 3.69. The predicted octanol–water partition coefficient (Wildman–Crippen LogP) is 0.996. The Bertz CT molecular complexity index is 103. The first-order valence-electron chi connectivity index (χ1n) is 2.76. The molecular weight excluding hydrogens is 138 g/mol. The van der Waals surface area contributed by atoms with Crippen molar-refractivity contribution in [3.63, 3.8) is 0 Å². The minimum absolute atomic E-state index is 0.318. The molecule has 1 fully saturated rings. The van der Waals surface area contributed by atoms with E-state index in [4.69, 9.17) is 12.2 Å². The van der Waals surface area contributed by atoms with Gasteiger partial charge in [0.05, 0.1) is 10.2 Å². The second-order valence-electron chi connectivity index (χ2n) is 1.95. The molecule has 1 aliphatic rings. The molecule has 0 bridgehead atoms. The first kappa shape index (κ1) is 6.36. The van der Waals surface area contributed by atoms with E-state index < -0.39 is 0 Å². The standard InChI is InChI=1S/C5H9NS2/c7-4-2-1-3-6-5(4)8/h4,7H,1-3H2,(H,6,8). The molecule has 1 aliphatic heterocycles. The van der Waals surface area contributed by atoms with Gasteiger partial charge in [0, 0.05) is 6.54 Å². The van der Waals surface area contributed by atoms with Crippen LogP contribution < -0.4 is 5.32 Å². The number of thiocarbonyl (C=S) groups is 1. The maximum atomic E-state index is 4.94. The number of rotatable bonds is 0. The zero-order valence-electron chi connectivity index (χ0n) is 4.55. The summed E-state index contributed by atoms with van der Waals surface area (Å²) in [5.41, 5.74) is 0. The Morgan fingerprint density at radius 2 is 2.50 bits per heavy atom. The van der Waals surface area contributed by atoms with Crippen LogP contribution in [0, 0.1) is 0 Å². The van der Waals surface area contributed by atoms with E-state index in [0.29, 0.717) is 5.25 Å². The van der Waals surface area contributed by atoms with E-state index in [2.05, 4.69) is 17.9 Å². The SMILES string of the molecule is S=C1NCCCC1S. The normalized spacial score (nSPS) is 29.6. The van der Waals surface area contributed by atoms with Gasteiger partial charge in [0.15, 0.2) is 0 Å². The molecule has 0 saturated carbocycles. The summed E-state index contributed by atoms with van der Waals surface area (Å²) in [5.74, 6) is 0. The minimum Gasteiger partial charge on any atom is -0.379 e. The molecule has 0 aromatic rings. The van der Waals surface area contributed by atoms with Crippen molar-refractivity contribution < 1.29 is 0 Å². The highest BCUT2D eigenvalue weighted by molar-refractivity contribution is 7.86. The Labute approximate surface area is 60.3 Å². The Hall–Kier alpha value is 0.240. The van der Waals surface area contributed by atoms with E-state index in [1.165, 1.54) is 6.42 Å². The zero-order valence-corrected chi connectivity index (χ0v) is 6.27. The van der Waals surface area contributed by atoms with Crippen molar-refractivity contribution >= 4 is 29.8 Å². The zero-order chi connectivity index (χ0) is 5.98. The van der Waals surface area contributed by atoms with Gasteiger partial charge in [-0.2, -0.15) is 12.6 Å². The van der Waals surface area contributed by atoms with Gasteiger partial charge in [0.1, 0.15) is 0 Å². The van der Waals surface area contributed by atoms with Gasteiger partial charge >= 0.3 is 0 Å². The summed E-state index contributed by atoms with van der Waals surface area (Å²) in [6.45, 7) is 1.04. The molecule has 46 valence electrons. The second-order valence-corrected chi connectivity index (χ2v) is 3.01. The average molecular weight is 147 g/mol. The summed E-state index contributed by atoms with van der Waals surface area (Å²) < 4.78 is 0. The summed E-state index contributed by atoms with van der Waals surface area (Å²) >= 11 is 9.19. The summed E-state index contributed by atoms with van der Waals surface area (Å²) in [4.78, 5) is 0.916. The van der Waals surface area contributed by atoms with Gasteiger partial charge in [-0.25, -0.2) is 0 Å². The van der Waals surface area contributed by atoms with E-state index in [1.807, 2.05) is 0 Å². The highest BCUT2D eigenvalue weighted by atomic mass is 32.1. The molecule has 1 N–H and O–H groups in total. The van der Waals surface area contributed by atoms with Crippen LogP contribution in [0.25, 0.3) is 0 Å². The number of hydrogen-bond acceptors (Lipinski definition) is 2. The van der Waals surface area contributed by atoms with Crippen LogP contribution in [-0.2, 0) is 0 Å². The molecule has 3 heteroatoms. The molecule has 1 heterocycles. The molecule has 0 aromatic carbocycles. The summed E-state index contributed by atoms with van der Waals surface area (Å²) in [7, 11) is 0. The summed E-state index contributed by atoms with van der Waals surface area (Å²) in [6.07, 6.45) is 2.34. The van der Waals surface area contributed by atoms with Gasteiger partial charge in [0.2, 0.25) is 0 Å². The third kappa shape index (κ3) is 1.36. The Kier molecular flexibility index (Phi) is 2.14. The molecule has 0 aliphatic carbocycles. The first-order chi connectivity index (χ1) is 3.80. The van der Waals surface area contributed by atoms with Crippen molar-refractivity contribution in [2.75, 3.05) is 6.54 Å². The quantitative estimate of drug-likeness (QED) is 0.391. The van der Waals surface area contributed by atoms with Crippen LogP contribution in [0.2, 0.25) is 0 Å². The number of hydrogen-bond donors (Lipinski definition) is 2. The smallest absolute Gasteiger partial charge is 0.0882 e.